The minimum atomic E-state index is -0.696. The van der Waals surface area contributed by atoms with Crippen molar-refractivity contribution in [3.8, 4) is 0 Å². The normalized spacial score (nSPS) is 20.5. The van der Waals surface area contributed by atoms with Crippen molar-refractivity contribution in [2.45, 2.75) is 24.6 Å². The number of rotatable bonds is 5. The number of amides is 2. The van der Waals surface area contributed by atoms with Crippen molar-refractivity contribution in [2.24, 2.45) is 0 Å². The van der Waals surface area contributed by atoms with Crippen molar-refractivity contribution in [3.05, 3.63) is 30.1 Å². The molecular formula is C15H17FN2O4S. The minimum absolute atomic E-state index is 0.0723. The molecule has 6 nitrogen and oxygen atoms in total. The summed E-state index contributed by atoms with van der Waals surface area (Å²) in [5.41, 5.74) is 0.0723. The summed E-state index contributed by atoms with van der Waals surface area (Å²) < 4.78 is 18.3. The number of halogens is 1. The minimum Gasteiger partial charge on any atom is -0.464 e. The van der Waals surface area contributed by atoms with Crippen molar-refractivity contribution in [1.82, 2.24) is 5.32 Å². The first-order chi connectivity index (χ1) is 11.0. The molecule has 0 bridgehead atoms. The van der Waals surface area contributed by atoms with Crippen LogP contribution in [-0.2, 0) is 19.1 Å². The first kappa shape index (κ1) is 17.3. The van der Waals surface area contributed by atoms with Gasteiger partial charge in [0, 0.05) is 12.2 Å². The second-order valence-corrected chi connectivity index (χ2v) is 6.10. The van der Waals surface area contributed by atoms with Crippen LogP contribution in [0.3, 0.4) is 0 Å². The molecule has 1 aliphatic heterocycles. The van der Waals surface area contributed by atoms with Gasteiger partial charge in [-0.1, -0.05) is 12.1 Å². The number of hydrogen-bond donors (Lipinski definition) is 2. The van der Waals surface area contributed by atoms with Crippen LogP contribution in [0, 0.1) is 5.82 Å². The third-order valence-corrected chi connectivity index (χ3v) is 4.47. The first-order valence-corrected chi connectivity index (χ1v) is 8.19. The van der Waals surface area contributed by atoms with E-state index in [0.717, 1.165) is 0 Å². The van der Waals surface area contributed by atoms with Crippen molar-refractivity contribution in [1.29, 1.82) is 0 Å². The van der Waals surface area contributed by atoms with E-state index in [2.05, 4.69) is 10.6 Å². The fourth-order valence-electron chi connectivity index (χ4n) is 2.05. The van der Waals surface area contributed by atoms with Gasteiger partial charge in [-0.05, 0) is 19.1 Å². The predicted molar refractivity (Wildman–Crippen MR) is 84.5 cm³/mol. The Labute approximate surface area is 137 Å². The molecule has 0 aliphatic carbocycles. The summed E-state index contributed by atoms with van der Waals surface area (Å²) in [6, 6.07) is 5.10. The summed E-state index contributed by atoms with van der Waals surface area (Å²) in [6.07, 6.45) is -0.0968. The lowest BCUT2D eigenvalue weighted by atomic mass is 10.2. The number of anilines is 1. The van der Waals surface area contributed by atoms with Crippen LogP contribution in [0.1, 0.15) is 13.3 Å². The van der Waals surface area contributed by atoms with Gasteiger partial charge in [0.05, 0.1) is 17.5 Å². The molecule has 1 aliphatic rings. The summed E-state index contributed by atoms with van der Waals surface area (Å²) in [7, 11) is 0. The first-order valence-electron chi connectivity index (χ1n) is 7.14. The highest BCUT2D eigenvalue weighted by Crippen LogP contribution is 2.22. The third kappa shape index (κ3) is 4.69. The number of carbonyl (C=O) groups is 3. The molecule has 1 heterocycles. The molecule has 1 saturated heterocycles. The van der Waals surface area contributed by atoms with E-state index in [4.69, 9.17) is 4.74 Å². The van der Waals surface area contributed by atoms with Gasteiger partial charge in [0.15, 0.2) is 0 Å². The van der Waals surface area contributed by atoms with E-state index in [1.807, 2.05) is 0 Å². The molecule has 23 heavy (non-hydrogen) atoms. The number of ether oxygens (including phenoxy) is 1. The Morgan fingerprint density at radius 3 is 2.83 bits per heavy atom. The summed E-state index contributed by atoms with van der Waals surface area (Å²) in [4.78, 5) is 35.5. The number of thioether (sulfide) groups is 1. The van der Waals surface area contributed by atoms with E-state index >= 15 is 0 Å². The highest BCUT2D eigenvalue weighted by Gasteiger charge is 2.34. The number of benzene rings is 1. The van der Waals surface area contributed by atoms with Crippen molar-refractivity contribution in [2.75, 3.05) is 17.7 Å². The van der Waals surface area contributed by atoms with Crippen LogP contribution in [0.15, 0.2) is 24.3 Å². The Hall–Kier alpha value is -2.09. The average molecular weight is 340 g/mol. The fraction of sp³-hybridized carbons (Fsp3) is 0.400. The lowest BCUT2D eigenvalue weighted by Crippen LogP contribution is -2.51. The molecule has 0 unspecified atom stereocenters. The molecule has 1 aromatic carbocycles. The smallest absolute Gasteiger partial charge is 0.329 e. The van der Waals surface area contributed by atoms with Crippen molar-refractivity contribution in [3.63, 3.8) is 0 Å². The van der Waals surface area contributed by atoms with E-state index in [-0.39, 0.29) is 18.7 Å². The van der Waals surface area contributed by atoms with E-state index in [9.17, 15) is 18.8 Å². The van der Waals surface area contributed by atoms with Gasteiger partial charge in [-0.15, -0.1) is 11.8 Å². The number of nitrogens with one attached hydrogen (secondary N) is 2. The molecule has 1 aromatic rings. The number of carbonyl (C=O) groups excluding carboxylic acids is 3. The van der Waals surface area contributed by atoms with E-state index in [1.165, 1.54) is 30.0 Å². The monoisotopic (exact) mass is 340 g/mol. The van der Waals surface area contributed by atoms with Gasteiger partial charge in [0.2, 0.25) is 11.8 Å². The van der Waals surface area contributed by atoms with E-state index < -0.39 is 34.9 Å². The molecule has 0 radical (unpaired) electrons. The maximum Gasteiger partial charge on any atom is 0.329 e. The van der Waals surface area contributed by atoms with Crippen molar-refractivity contribution < 1.29 is 23.5 Å². The van der Waals surface area contributed by atoms with Crippen LogP contribution in [0.5, 0.6) is 0 Å². The zero-order valence-corrected chi connectivity index (χ0v) is 13.3. The SMILES string of the molecule is CCOC(=O)[C@@H]1CS[C@H](CC(=O)Nc2ccccc2F)C(=O)N1. The lowest BCUT2D eigenvalue weighted by Gasteiger charge is -2.27. The molecule has 0 saturated carbocycles. The van der Waals surface area contributed by atoms with Crippen LogP contribution in [0.2, 0.25) is 0 Å². The highest BCUT2D eigenvalue weighted by atomic mass is 32.2. The number of para-hydroxylation sites is 1. The standard InChI is InChI=1S/C15H17FN2O4S/c1-2-22-15(21)11-8-23-12(14(20)18-11)7-13(19)17-10-6-4-3-5-9(10)16/h3-6,11-12H,2,7-8H2,1H3,(H,17,19)(H,18,20)/t11-,12+/m0/s1. The Bertz CT molecular complexity index is 611. The Kier molecular flexibility index (Phi) is 5.97. The van der Waals surface area contributed by atoms with E-state index in [0.29, 0.717) is 5.75 Å². The topological polar surface area (TPSA) is 84.5 Å². The van der Waals surface area contributed by atoms with Gasteiger partial charge in [-0.3, -0.25) is 9.59 Å². The predicted octanol–water partition coefficient (Wildman–Crippen LogP) is 1.32. The summed E-state index contributed by atoms with van der Waals surface area (Å²) >= 11 is 1.21. The molecule has 2 rings (SSSR count). The zero-order valence-electron chi connectivity index (χ0n) is 12.5. The third-order valence-electron chi connectivity index (χ3n) is 3.16. The van der Waals surface area contributed by atoms with Gasteiger partial charge in [-0.2, -0.15) is 0 Å². The second-order valence-electron chi connectivity index (χ2n) is 4.87. The molecule has 2 N–H and O–H groups in total. The molecule has 8 heteroatoms. The summed E-state index contributed by atoms with van der Waals surface area (Å²) in [5, 5.41) is 4.36. The number of esters is 1. The van der Waals surface area contributed by atoms with Crippen LogP contribution in [-0.4, -0.2) is 41.4 Å². The van der Waals surface area contributed by atoms with Crippen LogP contribution in [0.4, 0.5) is 10.1 Å². The highest BCUT2D eigenvalue weighted by molar-refractivity contribution is 8.00. The molecule has 2 amide bonds. The number of hydrogen-bond acceptors (Lipinski definition) is 5. The maximum absolute atomic E-state index is 13.5. The van der Waals surface area contributed by atoms with Crippen LogP contribution in [0.25, 0.3) is 0 Å². The van der Waals surface area contributed by atoms with Crippen LogP contribution < -0.4 is 10.6 Å². The molecule has 1 fully saturated rings. The largest absolute Gasteiger partial charge is 0.464 e. The molecular weight excluding hydrogens is 323 g/mol. The van der Waals surface area contributed by atoms with Gasteiger partial charge in [-0.25, -0.2) is 9.18 Å². The van der Waals surface area contributed by atoms with Gasteiger partial charge in [0.1, 0.15) is 11.9 Å². The Morgan fingerprint density at radius 2 is 2.17 bits per heavy atom. The van der Waals surface area contributed by atoms with E-state index in [1.54, 1.807) is 13.0 Å². The van der Waals surface area contributed by atoms with Gasteiger partial charge < -0.3 is 15.4 Å². The van der Waals surface area contributed by atoms with Crippen LogP contribution >= 0.6 is 11.8 Å². The molecule has 2 atom stereocenters. The van der Waals surface area contributed by atoms with Crippen molar-refractivity contribution >= 4 is 35.2 Å². The molecule has 0 aromatic heterocycles. The summed E-state index contributed by atoms with van der Waals surface area (Å²) in [5.74, 6) is -1.55. The quantitative estimate of drug-likeness (QED) is 0.790. The zero-order chi connectivity index (χ0) is 16.8. The Morgan fingerprint density at radius 1 is 1.43 bits per heavy atom. The molecule has 124 valence electrons. The maximum atomic E-state index is 13.5. The lowest BCUT2D eigenvalue weighted by molar-refractivity contribution is -0.146. The fourth-order valence-corrected chi connectivity index (χ4v) is 3.18. The molecule has 0 spiro atoms. The van der Waals surface area contributed by atoms with Gasteiger partial charge >= 0.3 is 5.97 Å². The average Bonchev–Trinajstić information content (AvgIpc) is 2.52. The summed E-state index contributed by atoms with van der Waals surface area (Å²) in [6.45, 7) is 1.93. The van der Waals surface area contributed by atoms with Gasteiger partial charge in [0.25, 0.3) is 0 Å². The Balaban J connectivity index is 1.87. The second kappa shape index (κ2) is 7.96.